The third-order valence-corrected chi connectivity index (χ3v) is 2.27. The molecule has 0 aliphatic rings. The molecule has 2 aromatic heterocycles. The summed E-state index contributed by atoms with van der Waals surface area (Å²) in [5.41, 5.74) is 6.70. The molecule has 0 aliphatic carbocycles. The second-order valence-corrected chi connectivity index (χ2v) is 3.63. The molecule has 2 aromatic rings. The summed E-state index contributed by atoms with van der Waals surface area (Å²) >= 11 is 0. The lowest BCUT2D eigenvalue weighted by atomic mass is 10.3. The van der Waals surface area contributed by atoms with Crippen LogP contribution in [0.5, 0.6) is 0 Å². The molecule has 0 aromatic carbocycles. The van der Waals surface area contributed by atoms with Gasteiger partial charge in [0.1, 0.15) is 0 Å². The first kappa shape index (κ1) is 12.0. The van der Waals surface area contributed by atoms with Crippen molar-refractivity contribution in [1.29, 1.82) is 0 Å². The van der Waals surface area contributed by atoms with Crippen LogP contribution in [0.2, 0.25) is 0 Å². The third kappa shape index (κ3) is 2.29. The topological polar surface area (TPSA) is 95.9 Å². The number of hydrogen-bond acceptors (Lipinski definition) is 6. The van der Waals surface area contributed by atoms with Crippen molar-refractivity contribution < 1.29 is 9.53 Å². The summed E-state index contributed by atoms with van der Waals surface area (Å²) in [4.78, 5) is 19.5. The van der Waals surface area contributed by atoms with Gasteiger partial charge in [0.15, 0.2) is 5.82 Å². The van der Waals surface area contributed by atoms with E-state index >= 15 is 0 Å². The molecule has 0 bridgehead atoms. The van der Waals surface area contributed by atoms with Gasteiger partial charge in [0.25, 0.3) is 0 Å². The highest BCUT2D eigenvalue weighted by molar-refractivity contribution is 5.88. The zero-order valence-electron chi connectivity index (χ0n) is 10.1. The van der Waals surface area contributed by atoms with Gasteiger partial charge in [-0.2, -0.15) is 10.1 Å². The molecule has 94 valence electrons. The van der Waals surface area contributed by atoms with Gasteiger partial charge >= 0.3 is 5.97 Å². The largest absolute Gasteiger partial charge is 0.462 e. The van der Waals surface area contributed by atoms with E-state index in [0.717, 1.165) is 5.56 Å². The van der Waals surface area contributed by atoms with Crippen molar-refractivity contribution in [1.82, 2.24) is 19.7 Å². The third-order valence-electron chi connectivity index (χ3n) is 2.27. The highest BCUT2D eigenvalue weighted by Crippen LogP contribution is 2.11. The Bertz CT molecular complexity index is 579. The van der Waals surface area contributed by atoms with E-state index in [-0.39, 0.29) is 5.95 Å². The molecular weight excluding hydrogens is 234 g/mol. The summed E-state index contributed by atoms with van der Waals surface area (Å²) in [5, 5.41) is 4.06. The number of nitrogens with zero attached hydrogens (tertiary/aromatic N) is 4. The first-order chi connectivity index (χ1) is 8.61. The van der Waals surface area contributed by atoms with Crippen LogP contribution >= 0.6 is 0 Å². The van der Waals surface area contributed by atoms with Crippen LogP contribution in [0.3, 0.4) is 0 Å². The van der Waals surface area contributed by atoms with Crippen molar-refractivity contribution in [3.05, 3.63) is 29.7 Å². The van der Waals surface area contributed by atoms with Crippen LogP contribution in [0.4, 0.5) is 5.95 Å². The maximum Gasteiger partial charge on any atom is 0.341 e. The number of aryl methyl sites for hydroxylation is 1. The van der Waals surface area contributed by atoms with Gasteiger partial charge in [-0.1, -0.05) is 0 Å². The van der Waals surface area contributed by atoms with E-state index in [1.807, 2.05) is 6.92 Å². The smallest absolute Gasteiger partial charge is 0.341 e. The molecule has 0 atom stereocenters. The Kier molecular flexibility index (Phi) is 3.22. The Balaban J connectivity index is 2.35. The molecule has 0 radical (unpaired) electrons. The molecule has 2 N–H and O–H groups in total. The number of carbonyl (C=O) groups excluding carboxylic acids is 1. The first-order valence-electron chi connectivity index (χ1n) is 5.43. The predicted octanol–water partition coefficient (Wildman–Crippen LogP) is 0.730. The lowest BCUT2D eigenvalue weighted by molar-refractivity contribution is 0.0526. The second kappa shape index (κ2) is 4.82. The quantitative estimate of drug-likeness (QED) is 0.803. The fraction of sp³-hybridized carbons (Fsp3) is 0.273. The Morgan fingerprint density at radius 3 is 3.00 bits per heavy atom. The molecule has 0 saturated heterocycles. The molecular formula is C11H13N5O2. The number of aromatic nitrogens is 4. The van der Waals surface area contributed by atoms with Gasteiger partial charge < -0.3 is 10.5 Å². The van der Waals surface area contributed by atoms with Crippen molar-refractivity contribution in [3.8, 4) is 5.82 Å². The zero-order valence-corrected chi connectivity index (χ0v) is 10.1. The SMILES string of the molecule is CCOC(=O)c1cnn(-c2nc(N)ncc2C)c1. The van der Waals surface area contributed by atoms with Crippen LogP contribution < -0.4 is 5.73 Å². The normalized spacial score (nSPS) is 10.3. The van der Waals surface area contributed by atoms with Crippen molar-refractivity contribution in [2.24, 2.45) is 0 Å². The lowest BCUT2D eigenvalue weighted by Gasteiger charge is -2.04. The van der Waals surface area contributed by atoms with Crippen LogP contribution in [-0.4, -0.2) is 32.3 Å². The molecule has 0 aliphatic heterocycles. The predicted molar refractivity (Wildman–Crippen MR) is 64.3 cm³/mol. The summed E-state index contributed by atoms with van der Waals surface area (Å²) < 4.78 is 6.35. The molecule has 0 saturated carbocycles. The van der Waals surface area contributed by atoms with E-state index in [4.69, 9.17) is 10.5 Å². The maximum atomic E-state index is 11.5. The highest BCUT2D eigenvalue weighted by Gasteiger charge is 2.12. The average molecular weight is 247 g/mol. The molecule has 0 unspecified atom stereocenters. The molecule has 7 heteroatoms. The molecule has 7 nitrogen and oxygen atoms in total. The standard InChI is InChI=1S/C11H13N5O2/c1-3-18-10(17)8-5-14-16(6-8)9-7(2)4-13-11(12)15-9/h4-6H,3H2,1-2H3,(H2,12,13,15). The number of nitrogens with two attached hydrogens (primary N) is 1. The fourth-order valence-electron chi connectivity index (χ4n) is 1.44. The maximum absolute atomic E-state index is 11.5. The second-order valence-electron chi connectivity index (χ2n) is 3.63. The van der Waals surface area contributed by atoms with E-state index in [1.165, 1.54) is 10.9 Å². The van der Waals surface area contributed by atoms with Gasteiger partial charge in [-0.15, -0.1) is 0 Å². The van der Waals surface area contributed by atoms with Crippen LogP contribution in [0.25, 0.3) is 5.82 Å². The molecule has 18 heavy (non-hydrogen) atoms. The van der Waals surface area contributed by atoms with Gasteiger partial charge in [0.2, 0.25) is 5.95 Å². The van der Waals surface area contributed by atoms with Crippen LogP contribution in [0, 0.1) is 6.92 Å². The number of nitrogen functional groups attached to an aromatic ring is 1. The van der Waals surface area contributed by atoms with Gasteiger partial charge in [0, 0.05) is 18.0 Å². The average Bonchev–Trinajstić information content (AvgIpc) is 2.82. The summed E-state index contributed by atoms with van der Waals surface area (Å²) in [6, 6.07) is 0. The van der Waals surface area contributed by atoms with Crippen LogP contribution in [0.15, 0.2) is 18.6 Å². The summed E-state index contributed by atoms with van der Waals surface area (Å²) in [5.74, 6) is 0.283. The number of anilines is 1. The number of carbonyl (C=O) groups is 1. The Hall–Kier alpha value is -2.44. The van der Waals surface area contributed by atoms with Crippen molar-refractivity contribution >= 4 is 11.9 Å². The van der Waals surface area contributed by atoms with Crippen molar-refractivity contribution in [3.63, 3.8) is 0 Å². The van der Waals surface area contributed by atoms with Crippen molar-refractivity contribution in [2.45, 2.75) is 13.8 Å². The number of esters is 1. The van der Waals surface area contributed by atoms with Crippen LogP contribution in [-0.2, 0) is 4.74 Å². The van der Waals surface area contributed by atoms with Gasteiger partial charge in [-0.25, -0.2) is 14.5 Å². The fourth-order valence-corrected chi connectivity index (χ4v) is 1.44. The Morgan fingerprint density at radius 2 is 2.28 bits per heavy atom. The number of ether oxygens (including phenoxy) is 1. The van der Waals surface area contributed by atoms with Gasteiger partial charge in [-0.05, 0) is 13.8 Å². The van der Waals surface area contributed by atoms with Crippen molar-refractivity contribution in [2.75, 3.05) is 12.3 Å². The zero-order chi connectivity index (χ0) is 13.1. The molecule has 0 amide bonds. The van der Waals surface area contributed by atoms with E-state index in [1.54, 1.807) is 19.3 Å². The summed E-state index contributed by atoms with van der Waals surface area (Å²) in [6.07, 6.45) is 4.58. The van der Waals surface area contributed by atoms with Gasteiger partial charge in [0.05, 0.1) is 18.4 Å². The number of hydrogen-bond donors (Lipinski definition) is 1. The monoisotopic (exact) mass is 247 g/mol. The van der Waals surface area contributed by atoms with Gasteiger partial charge in [-0.3, -0.25) is 0 Å². The minimum Gasteiger partial charge on any atom is -0.462 e. The van der Waals surface area contributed by atoms with Crippen LogP contribution in [0.1, 0.15) is 22.8 Å². The molecule has 0 spiro atoms. The Morgan fingerprint density at radius 1 is 1.50 bits per heavy atom. The Labute approximate surface area is 104 Å². The van der Waals surface area contributed by atoms with E-state index in [9.17, 15) is 4.79 Å². The lowest BCUT2D eigenvalue weighted by Crippen LogP contribution is -2.06. The number of rotatable bonds is 3. The molecule has 2 heterocycles. The summed E-state index contributed by atoms with van der Waals surface area (Å²) in [7, 11) is 0. The molecule has 0 fully saturated rings. The van der Waals surface area contributed by atoms with E-state index in [0.29, 0.717) is 18.0 Å². The van der Waals surface area contributed by atoms with E-state index < -0.39 is 5.97 Å². The highest BCUT2D eigenvalue weighted by atomic mass is 16.5. The first-order valence-corrected chi connectivity index (χ1v) is 5.43. The minimum absolute atomic E-state index is 0.156. The summed E-state index contributed by atoms with van der Waals surface area (Å²) in [6.45, 7) is 3.90. The molecule has 2 rings (SSSR count). The minimum atomic E-state index is -0.413. The van der Waals surface area contributed by atoms with E-state index in [2.05, 4.69) is 15.1 Å².